The number of carbonyl (C=O) groups is 2. The summed E-state index contributed by atoms with van der Waals surface area (Å²) >= 11 is 0. The Hall–Kier alpha value is -3.34. The molecule has 3 aromatic rings. The summed E-state index contributed by atoms with van der Waals surface area (Å²) in [6.07, 6.45) is 0.267. The Balaban J connectivity index is 1.47. The van der Waals surface area contributed by atoms with Gasteiger partial charge in [0.15, 0.2) is 0 Å². The topological polar surface area (TPSA) is 69.6 Å². The Labute approximate surface area is 163 Å². The van der Waals surface area contributed by atoms with Crippen molar-refractivity contribution in [1.82, 2.24) is 10.2 Å². The summed E-state index contributed by atoms with van der Waals surface area (Å²) in [6.45, 7) is 2.84. The lowest BCUT2D eigenvalue weighted by atomic mass is 10.0. The molecule has 142 valence electrons. The molecule has 1 fully saturated rings. The third-order valence-electron chi connectivity index (χ3n) is 5.19. The number of nitrogens with zero attached hydrogens (tertiary/aromatic N) is 1. The third-order valence-corrected chi connectivity index (χ3v) is 5.19. The minimum absolute atomic E-state index is 0.0201. The molecule has 4 rings (SSSR count). The number of phenols is 1. The van der Waals surface area contributed by atoms with Crippen molar-refractivity contribution in [2.45, 2.75) is 25.9 Å². The van der Waals surface area contributed by atoms with Crippen LogP contribution in [0.3, 0.4) is 0 Å². The average molecular weight is 374 g/mol. The highest BCUT2D eigenvalue weighted by Gasteiger charge is 2.31. The molecular weight excluding hydrogens is 352 g/mol. The van der Waals surface area contributed by atoms with Crippen LogP contribution in [0.4, 0.5) is 0 Å². The van der Waals surface area contributed by atoms with Crippen LogP contribution < -0.4 is 5.32 Å². The first kappa shape index (κ1) is 18.0. The van der Waals surface area contributed by atoms with Crippen LogP contribution in [0, 0.1) is 6.92 Å². The van der Waals surface area contributed by atoms with Gasteiger partial charge >= 0.3 is 0 Å². The maximum absolute atomic E-state index is 12.5. The minimum Gasteiger partial charge on any atom is -0.507 e. The molecule has 0 spiro atoms. The number of benzene rings is 3. The maximum Gasteiger partial charge on any atom is 0.255 e. The van der Waals surface area contributed by atoms with E-state index in [0.29, 0.717) is 13.1 Å². The minimum atomic E-state index is -0.356. The fourth-order valence-corrected chi connectivity index (χ4v) is 3.75. The van der Waals surface area contributed by atoms with E-state index in [0.717, 1.165) is 21.9 Å². The van der Waals surface area contributed by atoms with Gasteiger partial charge < -0.3 is 15.3 Å². The van der Waals surface area contributed by atoms with Crippen molar-refractivity contribution < 1.29 is 14.7 Å². The van der Waals surface area contributed by atoms with Crippen molar-refractivity contribution in [3.8, 4) is 5.75 Å². The summed E-state index contributed by atoms with van der Waals surface area (Å²) in [5.41, 5.74) is 2.22. The highest BCUT2D eigenvalue weighted by Crippen LogP contribution is 2.23. The first-order valence-electron chi connectivity index (χ1n) is 9.36. The number of aryl methyl sites for hydroxylation is 1. The largest absolute Gasteiger partial charge is 0.507 e. The monoisotopic (exact) mass is 374 g/mol. The number of hydrogen-bond donors (Lipinski definition) is 2. The second-order valence-corrected chi connectivity index (χ2v) is 7.31. The zero-order chi connectivity index (χ0) is 19.7. The van der Waals surface area contributed by atoms with E-state index in [2.05, 4.69) is 23.5 Å². The van der Waals surface area contributed by atoms with Crippen molar-refractivity contribution in [3.63, 3.8) is 0 Å². The van der Waals surface area contributed by atoms with Gasteiger partial charge in [0.1, 0.15) is 5.75 Å². The fraction of sp³-hybridized carbons (Fsp3) is 0.217. The van der Waals surface area contributed by atoms with Crippen molar-refractivity contribution >= 4 is 22.6 Å². The van der Waals surface area contributed by atoms with E-state index < -0.39 is 0 Å². The lowest BCUT2D eigenvalue weighted by Gasteiger charge is -2.18. The van der Waals surface area contributed by atoms with Gasteiger partial charge in [-0.2, -0.15) is 0 Å². The van der Waals surface area contributed by atoms with Crippen molar-refractivity contribution in [1.29, 1.82) is 0 Å². The van der Waals surface area contributed by atoms with Crippen molar-refractivity contribution in [2.75, 3.05) is 6.54 Å². The number of carbonyl (C=O) groups excluding carboxylic acids is 2. The molecule has 0 unspecified atom stereocenters. The van der Waals surface area contributed by atoms with Gasteiger partial charge in [-0.25, -0.2) is 0 Å². The van der Waals surface area contributed by atoms with Gasteiger partial charge in [-0.1, -0.05) is 54.1 Å². The van der Waals surface area contributed by atoms with E-state index in [4.69, 9.17) is 0 Å². The van der Waals surface area contributed by atoms with Crippen LogP contribution in [0.5, 0.6) is 5.75 Å². The number of fused-ring (bicyclic) bond motifs is 1. The molecule has 5 nitrogen and oxygen atoms in total. The zero-order valence-electron chi connectivity index (χ0n) is 15.7. The Morgan fingerprint density at radius 1 is 1.14 bits per heavy atom. The second-order valence-electron chi connectivity index (χ2n) is 7.31. The zero-order valence-corrected chi connectivity index (χ0v) is 15.7. The van der Waals surface area contributed by atoms with E-state index in [1.165, 1.54) is 6.07 Å². The van der Waals surface area contributed by atoms with Crippen molar-refractivity contribution in [3.05, 3.63) is 77.4 Å². The molecule has 0 aliphatic carbocycles. The molecule has 2 amide bonds. The molecule has 0 radical (unpaired) electrons. The van der Waals surface area contributed by atoms with E-state index in [9.17, 15) is 14.7 Å². The number of amides is 2. The van der Waals surface area contributed by atoms with E-state index in [1.807, 2.05) is 31.2 Å². The number of phenolic OH excluding ortho intramolecular Hbond substituents is 1. The molecule has 1 atom stereocenters. The number of aromatic hydroxyl groups is 1. The summed E-state index contributed by atoms with van der Waals surface area (Å²) < 4.78 is 0. The van der Waals surface area contributed by atoms with Crippen LogP contribution >= 0.6 is 0 Å². The van der Waals surface area contributed by atoms with Crippen LogP contribution in [0.2, 0.25) is 0 Å². The number of likely N-dealkylation sites (tertiary alicyclic amines) is 1. The molecule has 1 aliphatic heterocycles. The molecule has 1 saturated heterocycles. The molecule has 1 aliphatic rings. The van der Waals surface area contributed by atoms with E-state index >= 15 is 0 Å². The summed E-state index contributed by atoms with van der Waals surface area (Å²) in [7, 11) is 0. The first-order chi connectivity index (χ1) is 13.5. The number of hydrogen-bond acceptors (Lipinski definition) is 3. The summed E-state index contributed by atoms with van der Waals surface area (Å²) in [4.78, 5) is 26.8. The molecule has 5 heteroatoms. The Kier molecular flexibility index (Phi) is 4.74. The lowest BCUT2D eigenvalue weighted by Crippen LogP contribution is -2.37. The molecular formula is C23H22N2O3. The highest BCUT2D eigenvalue weighted by molar-refractivity contribution is 5.97. The summed E-state index contributed by atoms with van der Waals surface area (Å²) in [6, 6.07) is 18.8. The van der Waals surface area contributed by atoms with Crippen LogP contribution in [-0.4, -0.2) is 34.4 Å². The highest BCUT2D eigenvalue weighted by atomic mass is 16.3. The van der Waals surface area contributed by atoms with Gasteiger partial charge in [0.25, 0.3) is 5.91 Å². The van der Waals surface area contributed by atoms with Gasteiger partial charge in [0, 0.05) is 19.5 Å². The molecule has 3 aromatic carbocycles. The molecule has 0 bridgehead atoms. The normalized spacial score (nSPS) is 16.5. The Bertz CT molecular complexity index is 1060. The summed E-state index contributed by atoms with van der Waals surface area (Å²) in [5.74, 6) is -0.391. The summed E-state index contributed by atoms with van der Waals surface area (Å²) in [5, 5.41) is 15.1. The molecule has 0 saturated carbocycles. The Morgan fingerprint density at radius 3 is 2.79 bits per heavy atom. The lowest BCUT2D eigenvalue weighted by molar-refractivity contribution is -0.128. The second kappa shape index (κ2) is 7.35. The van der Waals surface area contributed by atoms with Gasteiger partial charge in [0.2, 0.25) is 5.91 Å². The van der Waals surface area contributed by atoms with Gasteiger partial charge in [0.05, 0.1) is 11.6 Å². The van der Waals surface area contributed by atoms with Gasteiger partial charge in [-0.15, -0.1) is 0 Å². The molecule has 0 aromatic heterocycles. The molecule has 2 N–H and O–H groups in total. The fourth-order valence-electron chi connectivity index (χ4n) is 3.75. The smallest absolute Gasteiger partial charge is 0.255 e. The third kappa shape index (κ3) is 3.56. The number of rotatable bonds is 4. The van der Waals surface area contributed by atoms with Gasteiger partial charge in [-0.05, 0) is 35.4 Å². The van der Waals surface area contributed by atoms with Crippen LogP contribution in [-0.2, 0) is 11.3 Å². The van der Waals surface area contributed by atoms with Crippen LogP contribution in [0.15, 0.2) is 60.7 Å². The predicted octanol–water partition coefficient (Wildman–Crippen LogP) is 3.38. The Morgan fingerprint density at radius 2 is 1.93 bits per heavy atom. The van der Waals surface area contributed by atoms with Gasteiger partial charge in [-0.3, -0.25) is 9.59 Å². The predicted molar refractivity (Wildman–Crippen MR) is 108 cm³/mol. The maximum atomic E-state index is 12.5. The SMILES string of the molecule is Cc1ccc(O)c(C(=O)N[C@@H]2CC(=O)N(Cc3cccc4ccccc34)C2)c1. The van der Waals surface area contributed by atoms with E-state index in [1.54, 1.807) is 17.0 Å². The van der Waals surface area contributed by atoms with Crippen LogP contribution in [0.25, 0.3) is 10.8 Å². The van der Waals surface area contributed by atoms with E-state index in [-0.39, 0.29) is 35.6 Å². The average Bonchev–Trinajstić information content (AvgIpc) is 3.02. The molecule has 28 heavy (non-hydrogen) atoms. The van der Waals surface area contributed by atoms with Crippen LogP contribution in [0.1, 0.15) is 27.9 Å². The molecule has 1 heterocycles. The number of nitrogens with one attached hydrogen (secondary N) is 1. The quantitative estimate of drug-likeness (QED) is 0.735. The standard InChI is InChI=1S/C23H22N2O3/c1-15-9-10-21(26)20(11-15)23(28)24-18-12-22(27)25(14-18)13-17-7-4-6-16-5-2-3-8-19(16)17/h2-11,18,26H,12-14H2,1H3,(H,24,28)/t18-/m1/s1. The first-order valence-corrected chi connectivity index (χ1v) is 9.36. The van der Waals surface area contributed by atoms with Crippen molar-refractivity contribution in [2.24, 2.45) is 0 Å².